The highest BCUT2D eigenvalue weighted by Crippen LogP contribution is 2.39. The van der Waals surface area contributed by atoms with Gasteiger partial charge in [0.05, 0.1) is 26.2 Å². The molecular formula is C31H36BrNO3. The molecule has 1 atom stereocenters. The first kappa shape index (κ1) is 26.4. The highest BCUT2D eigenvalue weighted by molar-refractivity contribution is 5.87. The smallest absolute Gasteiger partial charge is 0.321 e. The molecule has 0 radical (unpaired) electrons. The number of quaternary nitrogens is 1. The third-order valence-corrected chi connectivity index (χ3v) is 8.20. The minimum Gasteiger partial charge on any atom is -1.00 e. The summed E-state index contributed by atoms with van der Waals surface area (Å²) in [5.41, 5.74) is 1.11. The Morgan fingerprint density at radius 3 is 1.94 bits per heavy atom. The van der Waals surface area contributed by atoms with Crippen molar-refractivity contribution in [2.75, 3.05) is 32.8 Å². The fourth-order valence-electron chi connectivity index (χ4n) is 5.98. The molecule has 6 rings (SSSR count). The van der Waals surface area contributed by atoms with Crippen molar-refractivity contribution in [1.29, 1.82) is 0 Å². The Morgan fingerprint density at radius 2 is 1.39 bits per heavy atom. The lowest BCUT2D eigenvalue weighted by Gasteiger charge is -2.52. The number of carbonyl (C=O) groups excluding carboxylic acids is 1. The van der Waals surface area contributed by atoms with Crippen LogP contribution in [0.15, 0.2) is 91.0 Å². The van der Waals surface area contributed by atoms with Crippen LogP contribution in [-0.4, -0.2) is 49.3 Å². The van der Waals surface area contributed by atoms with Crippen LogP contribution < -0.4 is 21.7 Å². The Morgan fingerprint density at radius 1 is 0.861 bits per heavy atom. The standard InChI is InChI=1S/C31H36NO3.BrH/c1-31(26-12-5-2-6-13-26,27-14-7-3-8-15-27)30(33)35-29-24-32(21-18-25(29)19-22-32)20-11-23-34-28-16-9-4-10-17-28;/h2-10,12-17,25,29H,11,18-24H2,1H3;1H/q+1;/p-1/t25?,29-,32?;/m0./s1. The summed E-state index contributed by atoms with van der Waals surface area (Å²) in [4.78, 5) is 13.9. The van der Waals surface area contributed by atoms with E-state index in [9.17, 15) is 4.79 Å². The van der Waals surface area contributed by atoms with E-state index in [2.05, 4.69) is 0 Å². The maximum Gasteiger partial charge on any atom is 0.321 e. The largest absolute Gasteiger partial charge is 1.00 e. The molecule has 4 nitrogen and oxygen atoms in total. The maximum atomic E-state index is 13.9. The number of hydrogen-bond donors (Lipinski definition) is 0. The van der Waals surface area contributed by atoms with E-state index in [0.717, 1.165) is 60.3 Å². The zero-order chi connectivity index (χ0) is 24.1. The van der Waals surface area contributed by atoms with Crippen molar-refractivity contribution in [3.8, 4) is 5.75 Å². The third-order valence-electron chi connectivity index (χ3n) is 8.20. The number of piperidine rings is 3. The second-order valence-electron chi connectivity index (χ2n) is 10.3. The molecule has 2 bridgehead atoms. The number of rotatable bonds is 9. The highest BCUT2D eigenvalue weighted by Gasteiger charge is 2.49. The number of fused-ring (bicyclic) bond motifs is 3. The molecule has 0 unspecified atom stereocenters. The summed E-state index contributed by atoms with van der Waals surface area (Å²) in [5, 5.41) is 0. The number of ether oxygens (including phenoxy) is 2. The molecule has 0 aromatic heterocycles. The average Bonchev–Trinajstić information content (AvgIpc) is 2.93. The van der Waals surface area contributed by atoms with Crippen LogP contribution in [0.2, 0.25) is 0 Å². The second kappa shape index (κ2) is 11.6. The van der Waals surface area contributed by atoms with Crippen molar-refractivity contribution in [1.82, 2.24) is 0 Å². The Bertz CT molecular complexity index is 1060. The van der Waals surface area contributed by atoms with Gasteiger partial charge in [-0.3, -0.25) is 4.79 Å². The van der Waals surface area contributed by atoms with Crippen LogP contribution in [0.3, 0.4) is 0 Å². The number of benzene rings is 3. The zero-order valence-corrected chi connectivity index (χ0v) is 22.6. The van der Waals surface area contributed by atoms with Crippen molar-refractivity contribution in [2.45, 2.75) is 37.7 Å². The van der Waals surface area contributed by atoms with Crippen LogP contribution in [0.4, 0.5) is 0 Å². The number of hydrogen-bond acceptors (Lipinski definition) is 3. The molecule has 0 N–H and O–H groups in total. The molecule has 36 heavy (non-hydrogen) atoms. The van der Waals surface area contributed by atoms with Gasteiger partial charge in [0, 0.05) is 25.2 Å². The van der Waals surface area contributed by atoms with Crippen LogP contribution in [-0.2, 0) is 14.9 Å². The molecule has 3 aromatic rings. The van der Waals surface area contributed by atoms with Crippen LogP contribution >= 0.6 is 0 Å². The van der Waals surface area contributed by atoms with Gasteiger partial charge in [-0.15, -0.1) is 0 Å². The van der Waals surface area contributed by atoms with Gasteiger partial charge in [0.2, 0.25) is 0 Å². The highest BCUT2D eigenvalue weighted by atomic mass is 79.9. The van der Waals surface area contributed by atoms with Crippen LogP contribution in [0, 0.1) is 5.92 Å². The molecule has 3 saturated heterocycles. The van der Waals surface area contributed by atoms with Crippen molar-refractivity contribution in [3.63, 3.8) is 0 Å². The van der Waals surface area contributed by atoms with E-state index in [1.165, 1.54) is 13.1 Å². The van der Waals surface area contributed by atoms with Gasteiger partial charge in [-0.25, -0.2) is 0 Å². The number of esters is 1. The van der Waals surface area contributed by atoms with Crippen LogP contribution in [0.25, 0.3) is 0 Å². The Kier molecular flexibility index (Phi) is 8.53. The predicted molar refractivity (Wildman–Crippen MR) is 138 cm³/mol. The molecule has 190 valence electrons. The van der Waals surface area contributed by atoms with E-state index in [1.807, 2.05) is 97.9 Å². The summed E-state index contributed by atoms with van der Waals surface area (Å²) in [6, 6.07) is 30.1. The van der Waals surface area contributed by atoms with Gasteiger partial charge in [-0.05, 0) is 30.2 Å². The zero-order valence-electron chi connectivity index (χ0n) is 21.0. The van der Waals surface area contributed by atoms with Crippen molar-refractivity contribution < 1.29 is 35.7 Å². The second-order valence-corrected chi connectivity index (χ2v) is 10.3. The van der Waals surface area contributed by atoms with E-state index in [-0.39, 0.29) is 29.1 Å². The predicted octanol–water partition coefficient (Wildman–Crippen LogP) is 2.62. The Labute approximate surface area is 225 Å². The topological polar surface area (TPSA) is 35.5 Å². The third kappa shape index (κ3) is 5.52. The Hall–Kier alpha value is -2.63. The molecule has 5 heteroatoms. The van der Waals surface area contributed by atoms with Crippen molar-refractivity contribution in [2.24, 2.45) is 5.92 Å². The number of nitrogens with zero attached hydrogens (tertiary/aromatic N) is 1. The van der Waals surface area contributed by atoms with Gasteiger partial charge in [0.15, 0.2) is 6.10 Å². The van der Waals surface area contributed by atoms with E-state index in [1.54, 1.807) is 0 Å². The number of halogens is 1. The van der Waals surface area contributed by atoms with Crippen LogP contribution in [0.1, 0.15) is 37.3 Å². The van der Waals surface area contributed by atoms with Crippen molar-refractivity contribution >= 4 is 5.97 Å². The molecule has 0 aliphatic carbocycles. The molecule has 3 heterocycles. The van der Waals surface area contributed by atoms with Crippen LogP contribution in [0.5, 0.6) is 5.75 Å². The first-order chi connectivity index (χ1) is 17.1. The summed E-state index contributed by atoms with van der Waals surface area (Å²) in [6.07, 6.45) is 3.24. The molecule has 3 aliphatic heterocycles. The minimum atomic E-state index is -0.830. The molecule has 0 saturated carbocycles. The first-order valence-corrected chi connectivity index (χ1v) is 12.9. The van der Waals surface area contributed by atoms with Gasteiger partial charge in [-0.2, -0.15) is 0 Å². The number of carbonyl (C=O) groups is 1. The maximum absolute atomic E-state index is 13.9. The summed E-state index contributed by atoms with van der Waals surface area (Å²) in [7, 11) is 0. The van der Waals surface area contributed by atoms with E-state index in [4.69, 9.17) is 9.47 Å². The SMILES string of the molecule is CC(C(=O)O[C@H]1C[N+]2(CCCOc3ccccc3)CCC1CC2)(c1ccccc1)c1ccccc1.[Br-]. The minimum absolute atomic E-state index is 0. The van der Waals surface area contributed by atoms with E-state index < -0.39 is 5.41 Å². The summed E-state index contributed by atoms with van der Waals surface area (Å²) in [5.74, 6) is 1.26. The van der Waals surface area contributed by atoms with Gasteiger partial charge >= 0.3 is 5.97 Å². The quantitative estimate of drug-likeness (QED) is 0.234. The molecule has 0 amide bonds. The number of para-hydroxylation sites is 1. The fourth-order valence-corrected chi connectivity index (χ4v) is 5.98. The molecular weight excluding hydrogens is 514 g/mol. The molecule has 3 aromatic carbocycles. The van der Waals surface area contributed by atoms with Crippen molar-refractivity contribution in [3.05, 3.63) is 102 Å². The monoisotopic (exact) mass is 549 g/mol. The normalized spacial score (nSPS) is 22.9. The lowest BCUT2D eigenvalue weighted by molar-refractivity contribution is -0.946. The molecule has 3 fully saturated rings. The van der Waals surface area contributed by atoms with Gasteiger partial charge in [-0.1, -0.05) is 78.9 Å². The van der Waals surface area contributed by atoms with Gasteiger partial charge < -0.3 is 30.9 Å². The van der Waals surface area contributed by atoms with Gasteiger partial charge in [0.1, 0.15) is 17.7 Å². The fraction of sp³-hybridized carbons (Fsp3) is 0.387. The molecule has 0 spiro atoms. The summed E-state index contributed by atoms with van der Waals surface area (Å²) in [6.45, 7) is 7.08. The average molecular weight is 551 g/mol. The van der Waals surface area contributed by atoms with Gasteiger partial charge in [0.25, 0.3) is 0 Å². The first-order valence-electron chi connectivity index (χ1n) is 12.9. The molecule has 3 aliphatic rings. The van der Waals surface area contributed by atoms with E-state index >= 15 is 0 Å². The van der Waals surface area contributed by atoms with E-state index in [0.29, 0.717) is 5.92 Å². The lowest BCUT2D eigenvalue weighted by atomic mass is 9.76. The summed E-state index contributed by atoms with van der Waals surface area (Å²) >= 11 is 0. The summed E-state index contributed by atoms with van der Waals surface area (Å²) < 4.78 is 13.4. The Balaban J connectivity index is 0.00000304. The lowest BCUT2D eigenvalue weighted by Crippen LogP contribution is -3.00.